The van der Waals surface area contributed by atoms with Crippen LogP contribution < -0.4 is 5.32 Å². The van der Waals surface area contributed by atoms with Crippen molar-refractivity contribution < 1.29 is 14.7 Å². The monoisotopic (exact) mass is 399 g/mol. The van der Waals surface area contributed by atoms with E-state index in [0.29, 0.717) is 5.69 Å². The third-order valence-corrected chi connectivity index (χ3v) is 5.37. The molecule has 6 heteroatoms. The van der Waals surface area contributed by atoms with Crippen molar-refractivity contribution in [3.8, 4) is 0 Å². The van der Waals surface area contributed by atoms with E-state index in [9.17, 15) is 9.59 Å². The van der Waals surface area contributed by atoms with Gasteiger partial charge in [-0.25, -0.2) is 0 Å². The van der Waals surface area contributed by atoms with Gasteiger partial charge in [0.25, 0.3) is 0 Å². The summed E-state index contributed by atoms with van der Waals surface area (Å²) in [7, 11) is 0. The maximum Gasteiger partial charge on any atom is 0.318 e. The third-order valence-electron chi connectivity index (χ3n) is 2.79. The van der Waals surface area contributed by atoms with Crippen LogP contribution in [0.3, 0.4) is 0 Å². The van der Waals surface area contributed by atoms with Gasteiger partial charge in [-0.2, -0.15) is 0 Å². The van der Waals surface area contributed by atoms with Crippen molar-refractivity contribution in [2.24, 2.45) is 0 Å². The summed E-state index contributed by atoms with van der Waals surface area (Å²) in [6.45, 7) is 0. The standard InChI is InChI=1S/C14H11Br2NO3/c15-11(12(16)14(19)20)13(18)17-10-7-3-5-8-4-1-2-6-9(8)10/h1-7,11-12H,(H,17,18)(H,19,20)/t11-,12+/m1/s1. The minimum Gasteiger partial charge on any atom is -0.480 e. The predicted molar refractivity (Wildman–Crippen MR) is 85.6 cm³/mol. The molecule has 2 rings (SSSR count). The quantitative estimate of drug-likeness (QED) is 0.773. The van der Waals surface area contributed by atoms with E-state index in [2.05, 4.69) is 37.2 Å². The van der Waals surface area contributed by atoms with Crippen LogP contribution in [0.4, 0.5) is 5.69 Å². The topological polar surface area (TPSA) is 66.4 Å². The van der Waals surface area contributed by atoms with Crippen LogP contribution in [0.2, 0.25) is 0 Å². The minimum atomic E-state index is -1.10. The van der Waals surface area contributed by atoms with E-state index in [1.54, 1.807) is 6.07 Å². The van der Waals surface area contributed by atoms with Gasteiger partial charge >= 0.3 is 5.97 Å². The van der Waals surface area contributed by atoms with Crippen molar-refractivity contribution in [1.82, 2.24) is 0 Å². The van der Waals surface area contributed by atoms with Crippen molar-refractivity contribution in [2.45, 2.75) is 9.65 Å². The first kappa shape index (κ1) is 15.0. The smallest absolute Gasteiger partial charge is 0.318 e. The molecule has 0 aliphatic carbocycles. The molecule has 0 aromatic heterocycles. The van der Waals surface area contributed by atoms with Crippen molar-refractivity contribution in [1.29, 1.82) is 0 Å². The molecule has 0 saturated carbocycles. The zero-order chi connectivity index (χ0) is 14.7. The summed E-state index contributed by atoms with van der Waals surface area (Å²) in [6, 6.07) is 13.2. The van der Waals surface area contributed by atoms with Gasteiger partial charge in [0, 0.05) is 11.1 Å². The molecule has 0 fully saturated rings. The number of carbonyl (C=O) groups is 2. The number of hydrogen-bond donors (Lipinski definition) is 2. The molecule has 2 N–H and O–H groups in total. The van der Waals surface area contributed by atoms with Gasteiger partial charge in [-0.3, -0.25) is 9.59 Å². The maximum atomic E-state index is 12.1. The number of carbonyl (C=O) groups excluding carboxylic acids is 1. The number of carboxylic acids is 1. The number of aliphatic carboxylic acids is 1. The first-order valence-corrected chi connectivity index (χ1v) is 7.63. The van der Waals surface area contributed by atoms with Crippen molar-refractivity contribution in [3.63, 3.8) is 0 Å². The normalized spacial score (nSPS) is 13.7. The van der Waals surface area contributed by atoms with Gasteiger partial charge in [-0.1, -0.05) is 68.3 Å². The number of carboxylic acid groups (broad SMARTS) is 1. The summed E-state index contributed by atoms with van der Waals surface area (Å²) in [5, 5.41) is 13.5. The molecule has 0 aliphatic rings. The summed E-state index contributed by atoms with van der Waals surface area (Å²) in [5.41, 5.74) is 0.655. The van der Waals surface area contributed by atoms with E-state index >= 15 is 0 Å². The highest BCUT2D eigenvalue weighted by molar-refractivity contribution is 9.12. The fourth-order valence-corrected chi connectivity index (χ4v) is 2.37. The molecule has 0 heterocycles. The molecule has 0 unspecified atom stereocenters. The van der Waals surface area contributed by atoms with Gasteiger partial charge in [0.05, 0.1) is 0 Å². The molecular weight excluding hydrogens is 390 g/mol. The molecular formula is C14H11Br2NO3. The lowest BCUT2D eigenvalue weighted by Crippen LogP contribution is -2.34. The predicted octanol–water partition coefficient (Wildman–Crippen LogP) is 3.39. The number of hydrogen-bond acceptors (Lipinski definition) is 2. The summed E-state index contributed by atoms with van der Waals surface area (Å²) >= 11 is 6.06. The Bertz CT molecular complexity index is 654. The lowest BCUT2D eigenvalue weighted by Gasteiger charge is -2.14. The molecule has 0 saturated heterocycles. The van der Waals surface area contributed by atoms with E-state index in [4.69, 9.17) is 5.11 Å². The van der Waals surface area contributed by atoms with Crippen molar-refractivity contribution in [3.05, 3.63) is 42.5 Å². The van der Waals surface area contributed by atoms with Gasteiger partial charge in [-0.05, 0) is 11.5 Å². The highest BCUT2D eigenvalue weighted by Gasteiger charge is 2.29. The summed E-state index contributed by atoms with van der Waals surface area (Å²) in [4.78, 5) is 21.1. The van der Waals surface area contributed by atoms with Crippen LogP contribution in [0.15, 0.2) is 42.5 Å². The third kappa shape index (κ3) is 3.19. The Morgan fingerprint density at radius 2 is 1.65 bits per heavy atom. The molecule has 0 bridgehead atoms. The van der Waals surface area contributed by atoms with E-state index in [-0.39, 0.29) is 0 Å². The summed E-state index contributed by atoms with van der Waals surface area (Å²) in [5.74, 6) is -1.51. The molecule has 2 atom stereocenters. The summed E-state index contributed by atoms with van der Waals surface area (Å²) in [6.07, 6.45) is 0. The van der Waals surface area contributed by atoms with Crippen molar-refractivity contribution in [2.75, 3.05) is 5.32 Å². The first-order chi connectivity index (χ1) is 9.50. The van der Waals surface area contributed by atoms with E-state index in [0.717, 1.165) is 10.8 Å². The maximum absolute atomic E-state index is 12.1. The van der Waals surface area contributed by atoms with E-state index in [1.807, 2.05) is 36.4 Å². The summed E-state index contributed by atoms with van der Waals surface area (Å²) < 4.78 is 0. The van der Waals surface area contributed by atoms with Gasteiger partial charge < -0.3 is 10.4 Å². The lowest BCUT2D eigenvalue weighted by atomic mass is 10.1. The molecule has 2 aromatic carbocycles. The average molecular weight is 401 g/mol. The number of amides is 1. The van der Waals surface area contributed by atoms with Crippen LogP contribution in [0.5, 0.6) is 0 Å². The van der Waals surface area contributed by atoms with Crippen LogP contribution >= 0.6 is 31.9 Å². The average Bonchev–Trinajstić information content (AvgIpc) is 2.46. The van der Waals surface area contributed by atoms with Crippen LogP contribution in [-0.2, 0) is 9.59 Å². The number of rotatable bonds is 4. The van der Waals surface area contributed by atoms with Crippen LogP contribution in [-0.4, -0.2) is 26.6 Å². The minimum absolute atomic E-state index is 0.411. The van der Waals surface area contributed by atoms with Crippen LogP contribution in [0.1, 0.15) is 0 Å². The highest BCUT2D eigenvalue weighted by Crippen LogP contribution is 2.24. The Balaban J connectivity index is 2.24. The first-order valence-electron chi connectivity index (χ1n) is 5.80. The molecule has 104 valence electrons. The van der Waals surface area contributed by atoms with Crippen molar-refractivity contribution >= 4 is 60.2 Å². The van der Waals surface area contributed by atoms with Crippen LogP contribution in [0.25, 0.3) is 10.8 Å². The number of benzene rings is 2. The van der Waals surface area contributed by atoms with Crippen LogP contribution in [0, 0.1) is 0 Å². The fraction of sp³-hybridized carbons (Fsp3) is 0.143. The molecule has 0 aliphatic heterocycles. The number of anilines is 1. The number of fused-ring (bicyclic) bond motifs is 1. The Morgan fingerprint density at radius 3 is 2.35 bits per heavy atom. The van der Waals surface area contributed by atoms with E-state index < -0.39 is 21.5 Å². The lowest BCUT2D eigenvalue weighted by molar-refractivity contribution is -0.137. The molecule has 0 radical (unpaired) electrons. The highest BCUT2D eigenvalue weighted by atomic mass is 79.9. The number of nitrogens with one attached hydrogen (secondary N) is 1. The van der Waals surface area contributed by atoms with Gasteiger partial charge in [-0.15, -0.1) is 0 Å². The second-order valence-electron chi connectivity index (χ2n) is 4.16. The van der Waals surface area contributed by atoms with Gasteiger partial charge in [0.1, 0.15) is 9.65 Å². The second kappa shape index (κ2) is 6.37. The number of alkyl halides is 2. The number of halogens is 2. The molecule has 1 amide bonds. The molecule has 2 aromatic rings. The zero-order valence-corrected chi connectivity index (χ0v) is 13.4. The van der Waals surface area contributed by atoms with E-state index in [1.165, 1.54) is 0 Å². The molecule has 20 heavy (non-hydrogen) atoms. The molecule has 4 nitrogen and oxygen atoms in total. The SMILES string of the molecule is O=C(O)[C@@H](Br)[C@@H](Br)C(=O)Nc1cccc2ccccc12. The largest absolute Gasteiger partial charge is 0.480 e. The fourth-order valence-electron chi connectivity index (χ4n) is 1.79. The Hall–Kier alpha value is -1.40. The zero-order valence-electron chi connectivity index (χ0n) is 10.2. The molecule has 0 spiro atoms. The Labute approximate surface area is 132 Å². The Kier molecular flexibility index (Phi) is 4.77. The second-order valence-corrected chi connectivity index (χ2v) is 6.13. The van der Waals surface area contributed by atoms with Gasteiger partial charge in [0.15, 0.2) is 0 Å². The van der Waals surface area contributed by atoms with Gasteiger partial charge in [0.2, 0.25) is 5.91 Å². The Morgan fingerprint density at radius 1 is 1.00 bits per heavy atom.